The second-order valence-electron chi connectivity index (χ2n) is 4.75. The summed E-state index contributed by atoms with van der Waals surface area (Å²) in [7, 11) is -4.27. The van der Waals surface area contributed by atoms with Gasteiger partial charge < -0.3 is 14.6 Å². The molecular formula is C15H11Cl2FNO5S-. The molecule has 0 amide bonds. The summed E-state index contributed by atoms with van der Waals surface area (Å²) in [6, 6.07) is 6.86. The first-order valence-corrected chi connectivity index (χ1v) is 9.03. The van der Waals surface area contributed by atoms with Gasteiger partial charge in [-0.05, 0) is 35.9 Å². The van der Waals surface area contributed by atoms with E-state index in [1.165, 1.54) is 12.1 Å². The molecule has 0 aliphatic rings. The van der Waals surface area contributed by atoms with E-state index in [0.717, 1.165) is 12.1 Å². The SMILES string of the molecule is O=C([O-])c1ccc(F)c(S(=O)(=O)NCCOc2ccc(Cl)cc2Cl)c1. The first kappa shape index (κ1) is 19.5. The highest BCUT2D eigenvalue weighted by Gasteiger charge is 2.19. The summed E-state index contributed by atoms with van der Waals surface area (Å²) in [6.07, 6.45) is 0. The van der Waals surface area contributed by atoms with Crippen molar-refractivity contribution in [3.63, 3.8) is 0 Å². The Hall–Kier alpha value is -1.87. The van der Waals surface area contributed by atoms with Gasteiger partial charge in [-0.15, -0.1) is 0 Å². The minimum absolute atomic E-state index is 0.0949. The van der Waals surface area contributed by atoms with Gasteiger partial charge in [0.1, 0.15) is 23.1 Å². The van der Waals surface area contributed by atoms with Gasteiger partial charge in [-0.25, -0.2) is 17.5 Å². The van der Waals surface area contributed by atoms with E-state index in [-0.39, 0.29) is 18.2 Å². The number of aromatic carboxylic acids is 1. The Labute approximate surface area is 153 Å². The van der Waals surface area contributed by atoms with E-state index >= 15 is 0 Å². The van der Waals surface area contributed by atoms with Crippen molar-refractivity contribution in [2.75, 3.05) is 13.2 Å². The number of carbonyl (C=O) groups is 1. The second kappa shape index (κ2) is 8.01. The maximum absolute atomic E-state index is 13.7. The van der Waals surface area contributed by atoms with Gasteiger partial charge in [-0.2, -0.15) is 0 Å². The topological polar surface area (TPSA) is 95.5 Å². The van der Waals surface area contributed by atoms with Crippen molar-refractivity contribution in [2.45, 2.75) is 4.90 Å². The number of carboxylic acids is 1. The molecule has 0 fully saturated rings. The number of rotatable bonds is 7. The summed E-state index contributed by atoms with van der Waals surface area (Å²) >= 11 is 11.6. The number of hydrogen-bond donors (Lipinski definition) is 1. The molecule has 1 N–H and O–H groups in total. The Kier molecular flexibility index (Phi) is 6.23. The van der Waals surface area contributed by atoms with E-state index in [1.807, 2.05) is 0 Å². The average Bonchev–Trinajstić information content (AvgIpc) is 2.53. The Bertz CT molecular complexity index is 905. The number of carboxylic acid groups (broad SMARTS) is 1. The largest absolute Gasteiger partial charge is 0.545 e. The predicted octanol–water partition coefficient (Wildman–Crippen LogP) is 1.85. The summed E-state index contributed by atoms with van der Waals surface area (Å²) in [5, 5.41) is 11.4. The van der Waals surface area contributed by atoms with Crippen molar-refractivity contribution in [2.24, 2.45) is 0 Å². The lowest BCUT2D eigenvalue weighted by Crippen LogP contribution is -2.29. The van der Waals surface area contributed by atoms with Gasteiger partial charge in [0.2, 0.25) is 10.0 Å². The summed E-state index contributed by atoms with van der Waals surface area (Å²) in [5.41, 5.74) is -0.453. The highest BCUT2D eigenvalue weighted by atomic mass is 35.5. The van der Waals surface area contributed by atoms with Crippen LogP contribution in [0.1, 0.15) is 10.4 Å². The molecule has 0 atom stereocenters. The third-order valence-corrected chi connectivity index (χ3v) is 5.01. The molecule has 0 aliphatic heterocycles. The van der Waals surface area contributed by atoms with Gasteiger partial charge in [0.25, 0.3) is 0 Å². The fourth-order valence-corrected chi connectivity index (χ4v) is 3.42. The molecule has 2 aromatic carbocycles. The van der Waals surface area contributed by atoms with Crippen LogP contribution in [0.25, 0.3) is 0 Å². The van der Waals surface area contributed by atoms with E-state index < -0.39 is 32.3 Å². The summed E-state index contributed by atoms with van der Waals surface area (Å²) in [4.78, 5) is 9.98. The molecular weight excluding hydrogens is 396 g/mol. The molecule has 2 rings (SSSR count). The van der Waals surface area contributed by atoms with Crippen LogP contribution in [-0.4, -0.2) is 27.5 Å². The van der Waals surface area contributed by atoms with Gasteiger partial charge >= 0.3 is 0 Å². The molecule has 0 aromatic heterocycles. The standard InChI is InChI=1S/C15H12Cl2FNO5S/c16-10-2-4-13(11(17)8-10)24-6-5-19-25(22,23)14-7-9(15(20)21)1-3-12(14)18/h1-4,7-8,19H,5-6H2,(H,20,21)/p-1. The highest BCUT2D eigenvalue weighted by molar-refractivity contribution is 7.89. The van der Waals surface area contributed by atoms with Crippen molar-refractivity contribution in [3.05, 3.63) is 57.8 Å². The third kappa shape index (κ3) is 5.05. The molecule has 0 unspecified atom stereocenters. The Morgan fingerprint density at radius 3 is 2.56 bits per heavy atom. The van der Waals surface area contributed by atoms with Crippen molar-refractivity contribution >= 4 is 39.2 Å². The monoisotopic (exact) mass is 406 g/mol. The zero-order valence-electron chi connectivity index (χ0n) is 12.5. The van der Waals surface area contributed by atoms with Crippen LogP contribution in [-0.2, 0) is 10.0 Å². The number of sulfonamides is 1. The number of nitrogens with one attached hydrogen (secondary N) is 1. The van der Waals surface area contributed by atoms with Gasteiger partial charge in [0.05, 0.1) is 11.0 Å². The maximum Gasteiger partial charge on any atom is 0.243 e. The third-order valence-electron chi connectivity index (χ3n) is 3.00. The van der Waals surface area contributed by atoms with E-state index in [1.54, 1.807) is 6.07 Å². The molecule has 134 valence electrons. The molecule has 10 heteroatoms. The molecule has 0 bridgehead atoms. The number of halogens is 3. The number of benzene rings is 2. The predicted molar refractivity (Wildman–Crippen MR) is 87.9 cm³/mol. The van der Waals surface area contributed by atoms with E-state index in [0.29, 0.717) is 16.8 Å². The Balaban J connectivity index is 2.02. The zero-order chi connectivity index (χ0) is 18.6. The fourth-order valence-electron chi connectivity index (χ4n) is 1.84. The summed E-state index contributed by atoms with van der Waals surface area (Å²) in [6.45, 7) is -0.293. The van der Waals surface area contributed by atoms with Crippen LogP contribution in [0.3, 0.4) is 0 Å². The van der Waals surface area contributed by atoms with Crippen LogP contribution in [0.15, 0.2) is 41.3 Å². The summed E-state index contributed by atoms with van der Waals surface area (Å²) < 4.78 is 45.3. The average molecular weight is 407 g/mol. The van der Waals surface area contributed by atoms with E-state index in [2.05, 4.69) is 4.72 Å². The quantitative estimate of drug-likeness (QED) is 0.707. The van der Waals surface area contributed by atoms with Crippen LogP contribution in [0.2, 0.25) is 10.0 Å². The first-order chi connectivity index (χ1) is 11.7. The molecule has 25 heavy (non-hydrogen) atoms. The van der Waals surface area contributed by atoms with Gasteiger partial charge in [-0.3, -0.25) is 0 Å². The molecule has 0 aliphatic carbocycles. The Morgan fingerprint density at radius 1 is 1.20 bits per heavy atom. The lowest BCUT2D eigenvalue weighted by molar-refractivity contribution is -0.255. The maximum atomic E-state index is 13.7. The molecule has 0 heterocycles. The minimum Gasteiger partial charge on any atom is -0.545 e. The van der Waals surface area contributed by atoms with Crippen LogP contribution in [0.5, 0.6) is 5.75 Å². The van der Waals surface area contributed by atoms with Crippen molar-refractivity contribution < 1.29 is 27.4 Å². The molecule has 6 nitrogen and oxygen atoms in total. The molecule has 0 saturated heterocycles. The molecule has 2 aromatic rings. The molecule has 0 radical (unpaired) electrons. The van der Waals surface area contributed by atoms with E-state index in [4.69, 9.17) is 27.9 Å². The lowest BCUT2D eigenvalue weighted by Gasteiger charge is -2.11. The zero-order valence-corrected chi connectivity index (χ0v) is 14.8. The summed E-state index contributed by atoms with van der Waals surface area (Å²) in [5.74, 6) is -2.40. The van der Waals surface area contributed by atoms with Crippen LogP contribution >= 0.6 is 23.2 Å². The van der Waals surface area contributed by atoms with Crippen LogP contribution < -0.4 is 14.6 Å². The molecule has 0 spiro atoms. The minimum atomic E-state index is -4.27. The normalized spacial score (nSPS) is 11.3. The van der Waals surface area contributed by atoms with Crippen molar-refractivity contribution in [1.29, 1.82) is 0 Å². The number of carbonyl (C=O) groups excluding carboxylic acids is 1. The second-order valence-corrected chi connectivity index (χ2v) is 7.33. The lowest BCUT2D eigenvalue weighted by atomic mass is 10.2. The Morgan fingerprint density at radius 2 is 1.92 bits per heavy atom. The van der Waals surface area contributed by atoms with Crippen LogP contribution in [0.4, 0.5) is 4.39 Å². The van der Waals surface area contributed by atoms with Crippen molar-refractivity contribution in [1.82, 2.24) is 4.72 Å². The van der Waals surface area contributed by atoms with Gasteiger partial charge in [0, 0.05) is 11.6 Å². The number of hydrogen-bond acceptors (Lipinski definition) is 5. The fraction of sp³-hybridized carbons (Fsp3) is 0.133. The van der Waals surface area contributed by atoms with Crippen LogP contribution in [0, 0.1) is 5.82 Å². The molecule has 0 saturated carbocycles. The van der Waals surface area contributed by atoms with Crippen molar-refractivity contribution in [3.8, 4) is 5.75 Å². The van der Waals surface area contributed by atoms with Gasteiger partial charge in [-0.1, -0.05) is 29.3 Å². The highest BCUT2D eigenvalue weighted by Crippen LogP contribution is 2.27. The van der Waals surface area contributed by atoms with E-state index in [9.17, 15) is 22.7 Å². The van der Waals surface area contributed by atoms with Gasteiger partial charge in [0.15, 0.2) is 0 Å². The smallest absolute Gasteiger partial charge is 0.243 e. The first-order valence-electron chi connectivity index (χ1n) is 6.79. The number of ether oxygens (including phenoxy) is 1.